The molecule has 30 heavy (non-hydrogen) atoms. The topological polar surface area (TPSA) is 66.7 Å². The number of nitrogens with zero attached hydrogens (tertiary/aromatic N) is 3. The summed E-state index contributed by atoms with van der Waals surface area (Å²) < 4.78 is 15.8. The van der Waals surface area contributed by atoms with Crippen LogP contribution in [0.3, 0.4) is 0 Å². The van der Waals surface area contributed by atoms with Crippen LogP contribution in [0.1, 0.15) is 5.56 Å². The van der Waals surface area contributed by atoms with Crippen molar-refractivity contribution in [3.63, 3.8) is 0 Å². The van der Waals surface area contributed by atoms with E-state index in [0.29, 0.717) is 11.4 Å². The van der Waals surface area contributed by atoms with Gasteiger partial charge < -0.3 is 14.7 Å². The molecule has 5 rings (SSSR count). The van der Waals surface area contributed by atoms with Crippen molar-refractivity contribution >= 4 is 10.9 Å². The second-order valence-electron chi connectivity index (χ2n) is 7.30. The van der Waals surface area contributed by atoms with Crippen molar-refractivity contribution in [3.8, 4) is 33.8 Å². The molecule has 0 amide bonds. The number of aromatic amines is 1. The molecule has 5 aromatic rings. The van der Waals surface area contributed by atoms with Gasteiger partial charge in [-0.05, 0) is 58.7 Å². The second-order valence-corrected chi connectivity index (χ2v) is 7.30. The van der Waals surface area contributed by atoms with E-state index >= 15 is 0 Å². The number of fused-ring (bicyclic) bond motifs is 1. The van der Waals surface area contributed by atoms with Gasteiger partial charge in [-0.2, -0.15) is 0 Å². The minimum Gasteiger partial charge on any atom is -0.392 e. The first-order valence-corrected chi connectivity index (χ1v) is 9.59. The van der Waals surface area contributed by atoms with Crippen LogP contribution in [0.5, 0.6) is 0 Å². The summed E-state index contributed by atoms with van der Waals surface area (Å²) in [6.45, 7) is 0.0152. The number of aromatic nitrogens is 4. The van der Waals surface area contributed by atoms with Crippen LogP contribution in [0.15, 0.2) is 73.1 Å². The highest BCUT2D eigenvalue weighted by Gasteiger charge is 2.14. The molecule has 0 saturated heterocycles. The fourth-order valence-electron chi connectivity index (χ4n) is 3.77. The molecule has 0 aliphatic carbocycles. The molecule has 0 bridgehead atoms. The Balaban J connectivity index is 1.62. The number of aliphatic hydroxyl groups excluding tert-OH is 1. The van der Waals surface area contributed by atoms with Gasteiger partial charge in [0.25, 0.3) is 0 Å². The van der Waals surface area contributed by atoms with Gasteiger partial charge in [0.2, 0.25) is 0 Å². The van der Waals surface area contributed by atoms with Crippen LogP contribution >= 0.6 is 0 Å². The summed E-state index contributed by atoms with van der Waals surface area (Å²) in [5.41, 5.74) is 6.41. The molecule has 0 saturated carbocycles. The van der Waals surface area contributed by atoms with Crippen molar-refractivity contribution in [2.24, 2.45) is 7.05 Å². The summed E-state index contributed by atoms with van der Waals surface area (Å²) >= 11 is 0. The Labute approximate surface area is 172 Å². The van der Waals surface area contributed by atoms with Crippen molar-refractivity contribution < 1.29 is 9.50 Å². The third kappa shape index (κ3) is 3.17. The molecule has 2 aromatic heterocycles. The number of aryl methyl sites for hydroxylation is 1. The number of halogens is 1. The van der Waals surface area contributed by atoms with Crippen molar-refractivity contribution in [2.75, 3.05) is 0 Å². The van der Waals surface area contributed by atoms with E-state index in [-0.39, 0.29) is 12.4 Å². The van der Waals surface area contributed by atoms with Crippen LogP contribution in [0.4, 0.5) is 4.39 Å². The third-order valence-electron chi connectivity index (χ3n) is 5.29. The third-order valence-corrected chi connectivity index (χ3v) is 5.29. The summed E-state index contributed by atoms with van der Waals surface area (Å²) in [5.74, 6) is 0.292. The maximum Gasteiger partial charge on any atom is 0.164 e. The van der Waals surface area contributed by atoms with Gasteiger partial charge in [-0.1, -0.05) is 30.3 Å². The van der Waals surface area contributed by atoms with Crippen molar-refractivity contribution in [3.05, 3.63) is 84.4 Å². The quantitative estimate of drug-likeness (QED) is 0.451. The zero-order valence-corrected chi connectivity index (χ0v) is 16.3. The van der Waals surface area contributed by atoms with E-state index in [1.54, 1.807) is 17.0 Å². The van der Waals surface area contributed by atoms with Crippen LogP contribution in [0, 0.1) is 5.82 Å². The molecule has 0 fully saturated rings. The second kappa shape index (κ2) is 7.24. The molecule has 0 aliphatic heterocycles. The number of H-pyrrole nitrogens is 1. The highest BCUT2D eigenvalue weighted by Crippen LogP contribution is 2.34. The van der Waals surface area contributed by atoms with Crippen LogP contribution in [-0.2, 0) is 13.7 Å². The maximum absolute atomic E-state index is 14.0. The Morgan fingerprint density at radius 3 is 2.63 bits per heavy atom. The highest BCUT2D eigenvalue weighted by molar-refractivity contribution is 5.88. The number of hydrogen-bond acceptors (Lipinski definition) is 3. The molecule has 3 aromatic carbocycles. The number of nitrogens with one attached hydrogen (secondary N) is 1. The minimum absolute atomic E-state index is 0.0152. The molecule has 0 unspecified atom stereocenters. The van der Waals surface area contributed by atoms with Crippen LogP contribution in [0.25, 0.3) is 44.7 Å². The van der Waals surface area contributed by atoms with Crippen LogP contribution in [-0.4, -0.2) is 24.9 Å². The summed E-state index contributed by atoms with van der Waals surface area (Å²) in [4.78, 5) is 3.43. The normalized spacial score (nSPS) is 11.3. The average molecular weight is 398 g/mol. The zero-order valence-electron chi connectivity index (χ0n) is 16.3. The first-order valence-electron chi connectivity index (χ1n) is 9.59. The number of aliphatic hydroxyl groups is 1. The van der Waals surface area contributed by atoms with Gasteiger partial charge in [-0.15, -0.1) is 10.2 Å². The Morgan fingerprint density at radius 1 is 0.967 bits per heavy atom. The molecular formula is C24H19FN4O. The van der Waals surface area contributed by atoms with Gasteiger partial charge in [0.05, 0.1) is 6.61 Å². The summed E-state index contributed by atoms with van der Waals surface area (Å²) in [6.07, 6.45) is 1.60. The van der Waals surface area contributed by atoms with Gasteiger partial charge in [0.1, 0.15) is 12.1 Å². The van der Waals surface area contributed by atoms with E-state index in [9.17, 15) is 9.50 Å². The summed E-state index contributed by atoms with van der Waals surface area (Å²) in [6, 6.07) is 20.8. The number of hydrogen-bond donors (Lipinski definition) is 2. The fourth-order valence-corrected chi connectivity index (χ4v) is 3.77. The monoisotopic (exact) mass is 398 g/mol. The predicted octanol–water partition coefficient (Wildman–Crippen LogP) is 4.93. The van der Waals surface area contributed by atoms with E-state index in [1.165, 1.54) is 12.1 Å². The van der Waals surface area contributed by atoms with Crippen molar-refractivity contribution in [1.82, 2.24) is 19.7 Å². The average Bonchev–Trinajstić information content (AvgIpc) is 3.39. The van der Waals surface area contributed by atoms with Crippen molar-refractivity contribution in [2.45, 2.75) is 6.61 Å². The first kappa shape index (κ1) is 18.3. The minimum atomic E-state index is -0.316. The molecule has 0 atom stereocenters. The number of benzene rings is 3. The predicted molar refractivity (Wildman–Crippen MR) is 115 cm³/mol. The molecule has 148 valence electrons. The lowest BCUT2D eigenvalue weighted by Crippen LogP contribution is -1.95. The molecule has 2 heterocycles. The van der Waals surface area contributed by atoms with Crippen LogP contribution < -0.4 is 0 Å². The Kier molecular flexibility index (Phi) is 4.41. The Morgan fingerprint density at radius 2 is 1.83 bits per heavy atom. The zero-order chi connectivity index (χ0) is 20.7. The largest absolute Gasteiger partial charge is 0.392 e. The van der Waals surface area contributed by atoms with E-state index < -0.39 is 0 Å². The molecule has 2 N–H and O–H groups in total. The van der Waals surface area contributed by atoms with Gasteiger partial charge in [0, 0.05) is 29.2 Å². The lowest BCUT2D eigenvalue weighted by molar-refractivity contribution is 0.282. The maximum atomic E-state index is 14.0. The lowest BCUT2D eigenvalue weighted by atomic mass is 9.96. The van der Waals surface area contributed by atoms with Gasteiger partial charge >= 0.3 is 0 Å². The van der Waals surface area contributed by atoms with E-state index in [1.807, 2.05) is 43.4 Å². The van der Waals surface area contributed by atoms with Gasteiger partial charge in [-0.25, -0.2) is 4.39 Å². The fraction of sp³-hybridized carbons (Fsp3) is 0.0833. The molecule has 6 heteroatoms. The molecular weight excluding hydrogens is 379 g/mol. The molecule has 0 spiro atoms. The Bertz CT molecular complexity index is 1370. The Hall–Kier alpha value is -3.77. The van der Waals surface area contributed by atoms with Crippen LogP contribution in [0.2, 0.25) is 0 Å². The standard InChI is InChI=1S/C24H19FN4O/c1-29-14-26-28-24(29)21-12-19(25)6-7-20(21)16-3-2-4-17(10-16)23-11-18-9-15(13-30)5-8-22(18)27-23/h2-12,14,27,30H,13H2,1H3. The van der Waals surface area contributed by atoms with Crippen molar-refractivity contribution in [1.29, 1.82) is 0 Å². The highest BCUT2D eigenvalue weighted by atomic mass is 19.1. The summed E-state index contributed by atoms with van der Waals surface area (Å²) in [7, 11) is 1.84. The van der Waals surface area contributed by atoms with E-state index in [4.69, 9.17) is 0 Å². The van der Waals surface area contributed by atoms with E-state index in [0.717, 1.165) is 38.9 Å². The van der Waals surface area contributed by atoms with Gasteiger partial charge in [-0.3, -0.25) is 0 Å². The molecule has 0 radical (unpaired) electrons. The summed E-state index contributed by atoms with van der Waals surface area (Å²) in [5, 5.41) is 18.5. The SMILES string of the molecule is Cn1cnnc1-c1cc(F)ccc1-c1cccc(-c2cc3cc(CO)ccc3[nH]2)c1. The van der Waals surface area contributed by atoms with Gasteiger partial charge in [0.15, 0.2) is 5.82 Å². The first-order chi connectivity index (χ1) is 14.6. The molecule has 0 aliphatic rings. The number of rotatable bonds is 4. The smallest absolute Gasteiger partial charge is 0.164 e. The van der Waals surface area contributed by atoms with E-state index in [2.05, 4.69) is 27.3 Å². The molecule has 5 nitrogen and oxygen atoms in total. The lowest BCUT2D eigenvalue weighted by Gasteiger charge is -2.11.